The second-order valence-electron chi connectivity index (χ2n) is 3.11. The molecule has 4 nitrogen and oxygen atoms in total. The third kappa shape index (κ3) is 3.50. The summed E-state index contributed by atoms with van der Waals surface area (Å²) in [6.07, 6.45) is 2.86. The number of aliphatic carboxylic acids is 1. The lowest BCUT2D eigenvalue weighted by Crippen LogP contribution is -1.99. The van der Waals surface area contributed by atoms with Gasteiger partial charge in [0, 0.05) is 5.56 Å². The Labute approximate surface area is 99.1 Å². The number of rotatable bonds is 5. The van der Waals surface area contributed by atoms with Crippen LogP contribution < -0.4 is 4.74 Å². The molecule has 0 saturated heterocycles. The number of para-hydroxylation sites is 1. The number of benzene rings is 1. The standard InChI is InChI=1S/C13H11NO3/c1-2-7-17-12-6-4-3-5-10(12)8-11(9-14)13(15)16/h2-6,8H,1,7H2,(H,15,16)/b11-8-. The van der Waals surface area contributed by atoms with Gasteiger partial charge in [-0.2, -0.15) is 5.26 Å². The molecule has 0 aromatic heterocycles. The van der Waals surface area contributed by atoms with Crippen LogP contribution in [0.2, 0.25) is 0 Å². The molecule has 1 rings (SSSR count). The Hall–Kier alpha value is -2.54. The van der Waals surface area contributed by atoms with Crippen molar-refractivity contribution in [2.24, 2.45) is 0 Å². The summed E-state index contributed by atoms with van der Waals surface area (Å²) in [6.45, 7) is 3.84. The summed E-state index contributed by atoms with van der Waals surface area (Å²) in [6, 6.07) is 8.50. The van der Waals surface area contributed by atoms with E-state index in [-0.39, 0.29) is 5.57 Å². The second-order valence-corrected chi connectivity index (χ2v) is 3.11. The van der Waals surface area contributed by atoms with Crippen LogP contribution in [0.3, 0.4) is 0 Å². The highest BCUT2D eigenvalue weighted by Crippen LogP contribution is 2.20. The Morgan fingerprint density at radius 3 is 2.82 bits per heavy atom. The number of carbonyl (C=O) groups is 1. The molecule has 0 fully saturated rings. The maximum atomic E-state index is 10.7. The fraction of sp³-hybridized carbons (Fsp3) is 0.0769. The minimum atomic E-state index is -1.26. The summed E-state index contributed by atoms with van der Waals surface area (Å²) in [4.78, 5) is 10.7. The van der Waals surface area contributed by atoms with Crippen LogP contribution in [0, 0.1) is 11.3 Å². The van der Waals surface area contributed by atoms with Gasteiger partial charge in [0.05, 0.1) is 0 Å². The highest BCUT2D eigenvalue weighted by molar-refractivity contribution is 5.96. The summed E-state index contributed by atoms with van der Waals surface area (Å²) in [5.74, 6) is -0.743. The highest BCUT2D eigenvalue weighted by Gasteiger charge is 2.08. The van der Waals surface area contributed by atoms with E-state index in [1.807, 2.05) is 0 Å². The van der Waals surface area contributed by atoms with Gasteiger partial charge in [0.15, 0.2) is 0 Å². The molecule has 1 N–H and O–H groups in total. The van der Waals surface area contributed by atoms with Gasteiger partial charge in [-0.25, -0.2) is 4.79 Å². The number of hydrogen-bond donors (Lipinski definition) is 1. The van der Waals surface area contributed by atoms with Crippen LogP contribution in [0.15, 0.2) is 42.5 Å². The quantitative estimate of drug-likeness (QED) is 0.477. The van der Waals surface area contributed by atoms with Gasteiger partial charge in [-0.05, 0) is 12.1 Å². The normalized spacial score (nSPS) is 10.4. The van der Waals surface area contributed by atoms with Crippen molar-refractivity contribution in [3.05, 3.63) is 48.1 Å². The summed E-state index contributed by atoms with van der Waals surface area (Å²) >= 11 is 0. The van der Waals surface area contributed by atoms with Gasteiger partial charge >= 0.3 is 5.97 Å². The van der Waals surface area contributed by atoms with E-state index >= 15 is 0 Å². The average molecular weight is 229 g/mol. The number of hydrogen-bond acceptors (Lipinski definition) is 3. The van der Waals surface area contributed by atoms with Gasteiger partial charge in [0.1, 0.15) is 24.0 Å². The van der Waals surface area contributed by atoms with Crippen LogP contribution >= 0.6 is 0 Å². The first-order valence-corrected chi connectivity index (χ1v) is 4.87. The molecule has 17 heavy (non-hydrogen) atoms. The van der Waals surface area contributed by atoms with Crippen LogP contribution in [0.25, 0.3) is 6.08 Å². The second kappa shape index (κ2) is 6.13. The van der Waals surface area contributed by atoms with E-state index < -0.39 is 5.97 Å². The fourth-order valence-electron chi connectivity index (χ4n) is 1.18. The third-order valence-electron chi connectivity index (χ3n) is 1.93. The largest absolute Gasteiger partial charge is 0.489 e. The van der Waals surface area contributed by atoms with Crippen LogP contribution in [0.4, 0.5) is 0 Å². The Bertz CT molecular complexity index is 498. The molecule has 86 valence electrons. The van der Waals surface area contributed by atoms with Crippen molar-refractivity contribution >= 4 is 12.0 Å². The highest BCUT2D eigenvalue weighted by atomic mass is 16.5. The summed E-state index contributed by atoms with van der Waals surface area (Å²) in [5.41, 5.74) is 0.216. The van der Waals surface area contributed by atoms with Gasteiger partial charge in [-0.15, -0.1) is 0 Å². The number of ether oxygens (including phenoxy) is 1. The zero-order chi connectivity index (χ0) is 12.7. The maximum Gasteiger partial charge on any atom is 0.346 e. The minimum absolute atomic E-state index is 0.319. The lowest BCUT2D eigenvalue weighted by atomic mass is 10.1. The summed E-state index contributed by atoms with van der Waals surface area (Å²) in [5, 5.41) is 17.4. The van der Waals surface area contributed by atoms with E-state index in [1.54, 1.807) is 36.4 Å². The first-order valence-electron chi connectivity index (χ1n) is 4.87. The lowest BCUT2D eigenvalue weighted by Gasteiger charge is -2.06. The van der Waals surface area contributed by atoms with Crippen molar-refractivity contribution in [3.63, 3.8) is 0 Å². The molecule has 0 unspecified atom stereocenters. The molecule has 0 heterocycles. The van der Waals surface area contributed by atoms with Gasteiger partial charge in [0.2, 0.25) is 0 Å². The van der Waals surface area contributed by atoms with Crippen molar-refractivity contribution in [2.45, 2.75) is 0 Å². The Morgan fingerprint density at radius 1 is 1.53 bits per heavy atom. The minimum Gasteiger partial charge on any atom is -0.489 e. The lowest BCUT2D eigenvalue weighted by molar-refractivity contribution is -0.132. The van der Waals surface area contributed by atoms with E-state index in [2.05, 4.69) is 6.58 Å². The van der Waals surface area contributed by atoms with Crippen molar-refractivity contribution in [1.29, 1.82) is 5.26 Å². The van der Waals surface area contributed by atoms with E-state index in [9.17, 15) is 4.79 Å². The Kier molecular flexibility index (Phi) is 4.52. The number of carboxylic acids is 1. The molecule has 0 atom stereocenters. The molecule has 1 aromatic rings. The van der Waals surface area contributed by atoms with Gasteiger partial charge < -0.3 is 9.84 Å². The van der Waals surface area contributed by atoms with Crippen molar-refractivity contribution < 1.29 is 14.6 Å². The molecule has 0 spiro atoms. The third-order valence-corrected chi connectivity index (χ3v) is 1.93. The predicted molar refractivity (Wildman–Crippen MR) is 63.4 cm³/mol. The zero-order valence-corrected chi connectivity index (χ0v) is 9.09. The molecule has 0 aliphatic carbocycles. The first-order chi connectivity index (χ1) is 8.19. The maximum absolute atomic E-state index is 10.7. The van der Waals surface area contributed by atoms with E-state index in [1.165, 1.54) is 6.08 Å². The molecule has 0 radical (unpaired) electrons. The van der Waals surface area contributed by atoms with Crippen molar-refractivity contribution in [1.82, 2.24) is 0 Å². The van der Waals surface area contributed by atoms with Crippen LogP contribution in [0.5, 0.6) is 5.75 Å². The van der Waals surface area contributed by atoms with Crippen molar-refractivity contribution in [2.75, 3.05) is 6.61 Å². The van der Waals surface area contributed by atoms with Crippen molar-refractivity contribution in [3.8, 4) is 11.8 Å². The molecular weight excluding hydrogens is 218 g/mol. The van der Waals surface area contributed by atoms with Gasteiger partial charge in [0.25, 0.3) is 0 Å². The Balaban J connectivity index is 3.09. The number of carboxylic acid groups (broad SMARTS) is 1. The fourth-order valence-corrected chi connectivity index (χ4v) is 1.18. The monoisotopic (exact) mass is 229 g/mol. The van der Waals surface area contributed by atoms with Gasteiger partial charge in [-0.1, -0.05) is 30.9 Å². The zero-order valence-electron chi connectivity index (χ0n) is 9.09. The molecular formula is C13H11NO3. The van der Waals surface area contributed by atoms with E-state index in [0.717, 1.165) is 0 Å². The molecule has 4 heteroatoms. The SMILES string of the molecule is C=CCOc1ccccc1/C=C(/C#N)C(=O)O. The number of nitriles is 1. The molecule has 0 bridgehead atoms. The van der Waals surface area contributed by atoms with Gasteiger partial charge in [-0.3, -0.25) is 0 Å². The predicted octanol–water partition coefficient (Wildman–Crippen LogP) is 2.24. The smallest absolute Gasteiger partial charge is 0.346 e. The first kappa shape index (κ1) is 12.5. The molecule has 0 saturated carbocycles. The molecule has 0 aliphatic rings. The molecule has 1 aromatic carbocycles. The van der Waals surface area contributed by atoms with Crippen LogP contribution in [-0.2, 0) is 4.79 Å². The summed E-state index contributed by atoms with van der Waals surface area (Å²) < 4.78 is 5.35. The van der Waals surface area contributed by atoms with Crippen LogP contribution in [-0.4, -0.2) is 17.7 Å². The molecule has 0 aliphatic heterocycles. The van der Waals surface area contributed by atoms with Crippen LogP contribution in [0.1, 0.15) is 5.56 Å². The number of nitrogens with zero attached hydrogens (tertiary/aromatic N) is 1. The summed E-state index contributed by atoms with van der Waals surface area (Å²) in [7, 11) is 0. The Morgan fingerprint density at radius 2 is 2.24 bits per heavy atom. The topological polar surface area (TPSA) is 70.3 Å². The average Bonchev–Trinajstić information content (AvgIpc) is 2.34. The van der Waals surface area contributed by atoms with E-state index in [4.69, 9.17) is 15.1 Å². The molecule has 0 amide bonds. The van der Waals surface area contributed by atoms with E-state index in [0.29, 0.717) is 17.9 Å².